The Balaban J connectivity index is 1.62. The standard InChI is InChI=1S/C17H21N5O3/c1-25-10-9-21-15(23)12-22(17(21)24)14-4-7-20(8-5-14)16-13(11-18)3-2-6-19-16/h2-3,6,14H,4-5,7-10,12H2,1H3. The molecule has 3 amide bonds. The zero-order chi connectivity index (χ0) is 17.8. The van der Waals surface area contributed by atoms with E-state index in [0.717, 1.165) is 12.8 Å². The summed E-state index contributed by atoms with van der Waals surface area (Å²) in [5.41, 5.74) is 0.555. The number of urea groups is 1. The minimum Gasteiger partial charge on any atom is -0.383 e. The van der Waals surface area contributed by atoms with Crippen LogP contribution in [-0.2, 0) is 9.53 Å². The number of pyridine rings is 1. The lowest BCUT2D eigenvalue weighted by molar-refractivity contribution is -0.125. The topological polar surface area (TPSA) is 89.8 Å². The van der Waals surface area contributed by atoms with Crippen LogP contribution in [0.4, 0.5) is 10.6 Å². The van der Waals surface area contributed by atoms with Crippen LogP contribution in [0.5, 0.6) is 0 Å². The maximum atomic E-state index is 12.5. The minimum atomic E-state index is -0.226. The molecule has 1 aromatic heterocycles. The second-order valence-electron chi connectivity index (χ2n) is 6.15. The summed E-state index contributed by atoms with van der Waals surface area (Å²) in [5.74, 6) is 0.523. The molecule has 0 bridgehead atoms. The van der Waals surface area contributed by atoms with Crippen LogP contribution in [0.25, 0.3) is 0 Å². The maximum Gasteiger partial charge on any atom is 0.327 e. The van der Waals surface area contributed by atoms with Gasteiger partial charge in [0, 0.05) is 32.4 Å². The van der Waals surface area contributed by atoms with E-state index in [9.17, 15) is 14.9 Å². The zero-order valence-corrected chi connectivity index (χ0v) is 14.2. The van der Waals surface area contributed by atoms with Gasteiger partial charge in [0.1, 0.15) is 18.4 Å². The predicted molar refractivity (Wildman–Crippen MR) is 89.9 cm³/mol. The number of rotatable bonds is 5. The van der Waals surface area contributed by atoms with E-state index >= 15 is 0 Å². The van der Waals surface area contributed by atoms with Crippen molar-refractivity contribution in [2.24, 2.45) is 0 Å². The molecule has 132 valence electrons. The lowest BCUT2D eigenvalue weighted by Gasteiger charge is -2.36. The molecule has 2 aliphatic rings. The van der Waals surface area contributed by atoms with Crippen LogP contribution in [0, 0.1) is 11.3 Å². The highest BCUT2D eigenvalue weighted by atomic mass is 16.5. The Labute approximate surface area is 146 Å². The smallest absolute Gasteiger partial charge is 0.327 e. The minimum absolute atomic E-state index is 0.0366. The number of aromatic nitrogens is 1. The highest BCUT2D eigenvalue weighted by Gasteiger charge is 2.40. The predicted octanol–water partition coefficient (Wildman–Crippen LogP) is 0.833. The van der Waals surface area contributed by atoms with Crippen LogP contribution in [-0.4, -0.2) is 72.7 Å². The summed E-state index contributed by atoms with van der Waals surface area (Å²) in [7, 11) is 1.55. The van der Waals surface area contributed by atoms with Crippen LogP contribution >= 0.6 is 0 Å². The molecule has 3 heterocycles. The second kappa shape index (κ2) is 7.49. The van der Waals surface area contributed by atoms with E-state index in [1.54, 1.807) is 30.3 Å². The van der Waals surface area contributed by atoms with Crippen LogP contribution in [0.3, 0.4) is 0 Å². The molecule has 0 spiro atoms. The molecule has 0 radical (unpaired) electrons. The fourth-order valence-electron chi connectivity index (χ4n) is 3.37. The Morgan fingerprint density at radius 3 is 2.80 bits per heavy atom. The molecule has 3 rings (SSSR count). The number of amides is 3. The number of nitriles is 1. The van der Waals surface area contributed by atoms with Crippen molar-refractivity contribution in [3.05, 3.63) is 23.9 Å². The van der Waals surface area contributed by atoms with E-state index in [0.29, 0.717) is 37.6 Å². The van der Waals surface area contributed by atoms with Crippen LogP contribution < -0.4 is 4.90 Å². The number of nitrogens with zero attached hydrogens (tertiary/aromatic N) is 5. The molecular formula is C17H21N5O3. The lowest BCUT2D eigenvalue weighted by atomic mass is 10.0. The Morgan fingerprint density at radius 2 is 2.12 bits per heavy atom. The van der Waals surface area contributed by atoms with Crippen molar-refractivity contribution in [3.8, 4) is 6.07 Å². The molecule has 8 heteroatoms. The van der Waals surface area contributed by atoms with Gasteiger partial charge in [0.05, 0.1) is 18.7 Å². The van der Waals surface area contributed by atoms with Crippen molar-refractivity contribution >= 4 is 17.8 Å². The molecule has 2 aliphatic heterocycles. The first kappa shape index (κ1) is 17.2. The largest absolute Gasteiger partial charge is 0.383 e. The maximum absolute atomic E-state index is 12.5. The number of carbonyl (C=O) groups is 2. The van der Waals surface area contributed by atoms with Crippen LogP contribution in [0.15, 0.2) is 18.3 Å². The molecule has 0 aliphatic carbocycles. The Hall–Kier alpha value is -2.66. The lowest BCUT2D eigenvalue weighted by Crippen LogP contribution is -2.47. The number of piperidine rings is 1. The first-order valence-corrected chi connectivity index (χ1v) is 8.35. The van der Waals surface area contributed by atoms with Crippen molar-refractivity contribution in [1.82, 2.24) is 14.8 Å². The van der Waals surface area contributed by atoms with E-state index in [2.05, 4.69) is 16.0 Å². The molecule has 2 saturated heterocycles. The summed E-state index contributed by atoms with van der Waals surface area (Å²) >= 11 is 0. The third-order valence-electron chi connectivity index (χ3n) is 4.71. The molecule has 0 atom stereocenters. The van der Waals surface area contributed by atoms with Gasteiger partial charge in [-0.15, -0.1) is 0 Å². The number of carbonyl (C=O) groups excluding carboxylic acids is 2. The number of hydrogen-bond acceptors (Lipinski definition) is 6. The summed E-state index contributed by atoms with van der Waals surface area (Å²) in [4.78, 5) is 33.9. The van der Waals surface area contributed by atoms with Gasteiger partial charge in [-0.05, 0) is 25.0 Å². The van der Waals surface area contributed by atoms with Crippen LogP contribution in [0.2, 0.25) is 0 Å². The number of imide groups is 1. The molecule has 0 N–H and O–H groups in total. The zero-order valence-electron chi connectivity index (χ0n) is 14.2. The average Bonchev–Trinajstić information content (AvgIpc) is 2.94. The van der Waals surface area contributed by atoms with Crippen molar-refractivity contribution < 1.29 is 14.3 Å². The quantitative estimate of drug-likeness (QED) is 0.736. The van der Waals surface area contributed by atoms with Crippen molar-refractivity contribution in [3.63, 3.8) is 0 Å². The summed E-state index contributed by atoms with van der Waals surface area (Å²) in [6.45, 7) is 2.18. The van der Waals surface area contributed by atoms with Gasteiger partial charge in [-0.3, -0.25) is 9.69 Å². The summed E-state index contributed by atoms with van der Waals surface area (Å²) < 4.78 is 4.96. The molecule has 0 saturated carbocycles. The Kier molecular flexibility index (Phi) is 5.14. The van der Waals surface area contributed by atoms with Gasteiger partial charge in [-0.25, -0.2) is 9.78 Å². The monoisotopic (exact) mass is 343 g/mol. The molecular weight excluding hydrogens is 322 g/mol. The SMILES string of the molecule is COCCN1C(=O)CN(C2CCN(c3ncccc3C#N)CC2)C1=O. The van der Waals surface area contributed by atoms with Crippen molar-refractivity contribution in [2.45, 2.75) is 18.9 Å². The van der Waals surface area contributed by atoms with Crippen LogP contribution in [0.1, 0.15) is 18.4 Å². The number of methoxy groups -OCH3 is 1. The fourth-order valence-corrected chi connectivity index (χ4v) is 3.37. The van der Waals surface area contributed by atoms with E-state index in [1.165, 1.54) is 4.90 Å². The molecule has 2 fully saturated rings. The first-order chi connectivity index (χ1) is 12.2. The Morgan fingerprint density at radius 1 is 1.36 bits per heavy atom. The Bertz CT molecular complexity index is 694. The normalized spacial score (nSPS) is 18.8. The van der Waals surface area contributed by atoms with E-state index in [1.807, 2.05) is 0 Å². The highest BCUT2D eigenvalue weighted by molar-refractivity contribution is 6.02. The number of ether oxygens (including phenoxy) is 1. The van der Waals surface area contributed by atoms with Gasteiger partial charge in [0.25, 0.3) is 0 Å². The van der Waals surface area contributed by atoms with Gasteiger partial charge < -0.3 is 14.5 Å². The van der Waals surface area contributed by atoms with Gasteiger partial charge in [0.2, 0.25) is 5.91 Å². The summed E-state index contributed by atoms with van der Waals surface area (Å²) in [6.07, 6.45) is 3.18. The van der Waals surface area contributed by atoms with Gasteiger partial charge >= 0.3 is 6.03 Å². The average molecular weight is 343 g/mol. The number of anilines is 1. The van der Waals surface area contributed by atoms with E-state index in [4.69, 9.17) is 4.74 Å². The van der Waals surface area contributed by atoms with Gasteiger partial charge in [0.15, 0.2) is 0 Å². The third kappa shape index (κ3) is 3.42. The fraction of sp³-hybridized carbons (Fsp3) is 0.529. The highest BCUT2D eigenvalue weighted by Crippen LogP contribution is 2.26. The molecule has 0 aromatic carbocycles. The third-order valence-corrected chi connectivity index (χ3v) is 4.71. The van der Waals surface area contributed by atoms with Crippen molar-refractivity contribution in [2.75, 3.05) is 44.8 Å². The van der Waals surface area contributed by atoms with Gasteiger partial charge in [-0.1, -0.05) is 0 Å². The molecule has 0 unspecified atom stereocenters. The molecule has 25 heavy (non-hydrogen) atoms. The summed E-state index contributed by atoms with van der Waals surface area (Å²) in [5, 5.41) is 9.21. The molecule has 1 aromatic rings. The second-order valence-corrected chi connectivity index (χ2v) is 6.15. The molecule has 8 nitrogen and oxygen atoms in total. The van der Waals surface area contributed by atoms with Crippen molar-refractivity contribution in [1.29, 1.82) is 5.26 Å². The first-order valence-electron chi connectivity index (χ1n) is 8.35. The van der Waals surface area contributed by atoms with E-state index < -0.39 is 0 Å². The van der Waals surface area contributed by atoms with Gasteiger partial charge in [-0.2, -0.15) is 5.26 Å². The number of hydrogen-bond donors (Lipinski definition) is 0. The van der Waals surface area contributed by atoms with E-state index in [-0.39, 0.29) is 24.5 Å². The summed E-state index contributed by atoms with van der Waals surface area (Å²) in [6, 6.07) is 5.48.